The SMILES string of the molecule is CC1CN(c2ccc3c(c2)C(=O)N(C2CCC(=O)NC2=O)C3=O)CCC1CN1CCC(CN2CCN3C(/C=C(\N)c4ccccc4O)=C(N)NCC3C2)CC1. The number of nitrogens with one attached hydrogen (secondary N) is 2. The van der Waals surface area contributed by atoms with Gasteiger partial charge in [0.05, 0.1) is 22.9 Å². The standard InChI is InChI=1S/C41H53N9O5/c1-25-21-48(28-6-7-30-32(18-28)41(55)50(40(30)54)34-8-9-37(52)45-39(34)53)15-12-27(25)23-46-13-10-26(11-14-46)22-47-16-17-49-29(24-47)20-44-38(43)35(49)19-33(42)31-4-2-3-5-36(31)51/h2-7,18-19,25-27,29,34,44,51H,8-17,20-24,42-43H2,1H3,(H,45,52,53)/b33-19-. The molecule has 55 heavy (non-hydrogen) atoms. The van der Waals surface area contributed by atoms with Crippen LogP contribution in [-0.4, -0.2) is 126 Å². The Balaban J connectivity index is 0.799. The van der Waals surface area contributed by atoms with Gasteiger partial charge < -0.3 is 36.6 Å². The molecule has 4 fully saturated rings. The van der Waals surface area contributed by atoms with Crippen LogP contribution < -0.4 is 27.0 Å². The summed E-state index contributed by atoms with van der Waals surface area (Å²) in [6.45, 7) is 12.1. The van der Waals surface area contributed by atoms with Crippen LogP contribution in [-0.2, 0) is 9.59 Å². The highest BCUT2D eigenvalue weighted by atomic mass is 16.3. The Morgan fingerprint density at radius 1 is 0.891 bits per heavy atom. The third-order valence-corrected chi connectivity index (χ3v) is 12.8. The van der Waals surface area contributed by atoms with Crippen molar-refractivity contribution in [1.29, 1.82) is 0 Å². The van der Waals surface area contributed by atoms with E-state index in [1.54, 1.807) is 24.3 Å². The molecule has 4 saturated heterocycles. The zero-order valence-corrected chi connectivity index (χ0v) is 31.6. The lowest BCUT2D eigenvalue weighted by atomic mass is 9.85. The van der Waals surface area contributed by atoms with Gasteiger partial charge in [0.25, 0.3) is 11.8 Å². The molecule has 6 aliphatic rings. The Morgan fingerprint density at radius 3 is 2.44 bits per heavy atom. The smallest absolute Gasteiger partial charge is 0.262 e. The molecule has 0 aliphatic carbocycles. The number of piperazine rings is 1. The highest BCUT2D eigenvalue weighted by Crippen LogP contribution is 2.34. The van der Waals surface area contributed by atoms with Crippen molar-refractivity contribution < 1.29 is 24.3 Å². The number of carbonyl (C=O) groups is 4. The van der Waals surface area contributed by atoms with Crippen molar-refractivity contribution >= 4 is 35.0 Å². The Bertz CT molecular complexity index is 1920. The molecule has 2 aromatic carbocycles. The number of hydrogen-bond acceptors (Lipinski definition) is 12. The van der Waals surface area contributed by atoms with Gasteiger partial charge in [-0.3, -0.25) is 34.3 Å². The van der Waals surface area contributed by atoms with Gasteiger partial charge in [-0.15, -0.1) is 0 Å². The minimum absolute atomic E-state index is 0.103. The fourth-order valence-corrected chi connectivity index (χ4v) is 9.56. The van der Waals surface area contributed by atoms with Crippen LogP contribution >= 0.6 is 0 Å². The van der Waals surface area contributed by atoms with Gasteiger partial charge >= 0.3 is 0 Å². The second kappa shape index (κ2) is 15.2. The predicted octanol–water partition coefficient (Wildman–Crippen LogP) is 1.68. The summed E-state index contributed by atoms with van der Waals surface area (Å²) in [6, 6.07) is 11.9. The molecule has 0 bridgehead atoms. The van der Waals surface area contributed by atoms with E-state index in [4.69, 9.17) is 11.5 Å². The quantitative estimate of drug-likeness (QED) is 0.247. The summed E-state index contributed by atoms with van der Waals surface area (Å²) in [5.41, 5.74) is 16.4. The number of piperidine rings is 3. The molecule has 6 heterocycles. The van der Waals surface area contributed by atoms with Crippen molar-refractivity contribution in [2.24, 2.45) is 29.2 Å². The van der Waals surface area contributed by atoms with E-state index in [1.165, 1.54) is 12.8 Å². The van der Waals surface area contributed by atoms with Crippen LogP contribution in [0.15, 0.2) is 60.1 Å². The summed E-state index contributed by atoms with van der Waals surface area (Å²) in [5.74, 6) is 0.589. The summed E-state index contributed by atoms with van der Waals surface area (Å²) in [6.07, 6.45) is 5.60. The summed E-state index contributed by atoms with van der Waals surface area (Å²) in [4.78, 5) is 61.7. The molecule has 7 N–H and O–H groups in total. The monoisotopic (exact) mass is 751 g/mol. The number of likely N-dealkylation sites (tertiary alicyclic amines) is 1. The summed E-state index contributed by atoms with van der Waals surface area (Å²) >= 11 is 0. The second-order valence-corrected chi connectivity index (χ2v) is 16.3. The first kappa shape index (κ1) is 36.9. The van der Waals surface area contributed by atoms with Crippen LogP contribution in [0.4, 0.5) is 5.69 Å². The maximum absolute atomic E-state index is 13.4. The van der Waals surface area contributed by atoms with E-state index in [-0.39, 0.29) is 24.5 Å². The molecule has 0 aromatic heterocycles. The van der Waals surface area contributed by atoms with Crippen molar-refractivity contribution in [1.82, 2.24) is 30.2 Å². The van der Waals surface area contributed by atoms with E-state index in [9.17, 15) is 24.3 Å². The van der Waals surface area contributed by atoms with Crippen LogP contribution in [0, 0.1) is 17.8 Å². The van der Waals surface area contributed by atoms with Crippen LogP contribution in [0.3, 0.4) is 0 Å². The number of phenols is 1. The predicted molar refractivity (Wildman–Crippen MR) is 208 cm³/mol. The average molecular weight is 752 g/mol. The third-order valence-electron chi connectivity index (χ3n) is 12.8. The molecule has 4 atom stereocenters. The minimum Gasteiger partial charge on any atom is -0.507 e. The van der Waals surface area contributed by atoms with Crippen molar-refractivity contribution in [3.8, 4) is 5.75 Å². The number of fused-ring (bicyclic) bond motifs is 2. The number of imide groups is 2. The zero-order chi connectivity index (χ0) is 38.4. The molecule has 0 radical (unpaired) electrons. The fraction of sp³-hybridized carbons (Fsp3) is 0.512. The van der Waals surface area contributed by atoms with Gasteiger partial charge in [-0.2, -0.15) is 0 Å². The molecular weight excluding hydrogens is 699 g/mol. The van der Waals surface area contributed by atoms with Gasteiger partial charge in [-0.05, 0) is 92.9 Å². The van der Waals surface area contributed by atoms with Crippen molar-refractivity contribution in [3.63, 3.8) is 0 Å². The van der Waals surface area contributed by atoms with Crippen molar-refractivity contribution in [3.05, 3.63) is 76.7 Å². The lowest BCUT2D eigenvalue weighted by molar-refractivity contribution is -0.136. The van der Waals surface area contributed by atoms with E-state index >= 15 is 0 Å². The Kier molecular flexibility index (Phi) is 10.2. The summed E-state index contributed by atoms with van der Waals surface area (Å²) < 4.78 is 0. The number of phenolic OH excluding ortho intramolecular Hbond substituents is 1. The number of para-hydroxylation sites is 1. The van der Waals surface area contributed by atoms with Gasteiger partial charge in [0.2, 0.25) is 11.8 Å². The number of allylic oxidation sites excluding steroid dienone is 1. The molecule has 2 aromatic rings. The number of benzene rings is 2. The van der Waals surface area contributed by atoms with E-state index in [1.807, 2.05) is 24.3 Å². The molecule has 14 nitrogen and oxygen atoms in total. The highest BCUT2D eigenvalue weighted by molar-refractivity contribution is 6.23. The fourth-order valence-electron chi connectivity index (χ4n) is 9.56. The van der Waals surface area contributed by atoms with Crippen LogP contribution in [0.5, 0.6) is 5.75 Å². The largest absolute Gasteiger partial charge is 0.507 e. The normalized spacial score (nSPS) is 27.3. The number of hydrogen-bond donors (Lipinski definition) is 5. The lowest BCUT2D eigenvalue weighted by Crippen LogP contribution is -2.60. The van der Waals surface area contributed by atoms with Crippen molar-refractivity contribution in [2.75, 3.05) is 70.3 Å². The number of amides is 4. The Morgan fingerprint density at radius 2 is 1.67 bits per heavy atom. The van der Waals surface area contributed by atoms with Crippen LogP contribution in [0.2, 0.25) is 0 Å². The number of rotatable bonds is 8. The third kappa shape index (κ3) is 7.37. The van der Waals surface area contributed by atoms with Crippen LogP contribution in [0.1, 0.15) is 65.3 Å². The maximum atomic E-state index is 13.4. The first-order valence-corrected chi connectivity index (χ1v) is 19.8. The molecule has 8 rings (SSSR count). The molecule has 4 unspecified atom stereocenters. The highest BCUT2D eigenvalue weighted by Gasteiger charge is 2.45. The summed E-state index contributed by atoms with van der Waals surface area (Å²) in [5, 5.41) is 15.9. The molecular formula is C41H53N9O5. The number of carbonyl (C=O) groups excluding carboxylic acids is 4. The van der Waals surface area contributed by atoms with Crippen molar-refractivity contribution in [2.45, 2.75) is 51.1 Å². The van der Waals surface area contributed by atoms with Gasteiger partial charge in [0.15, 0.2) is 0 Å². The Hall–Kier alpha value is -5.08. The number of nitrogens with zero attached hydrogens (tertiary/aromatic N) is 5. The maximum Gasteiger partial charge on any atom is 0.262 e. The molecule has 6 aliphatic heterocycles. The number of anilines is 1. The van der Waals surface area contributed by atoms with Gasteiger partial charge in [-0.25, -0.2) is 0 Å². The zero-order valence-electron chi connectivity index (χ0n) is 31.6. The minimum atomic E-state index is -0.960. The topological polar surface area (TPSA) is 181 Å². The van der Waals surface area contributed by atoms with Gasteiger partial charge in [-0.1, -0.05) is 19.1 Å². The molecule has 292 valence electrons. The molecule has 4 amide bonds. The first-order valence-electron chi connectivity index (χ1n) is 19.8. The van der Waals surface area contributed by atoms with E-state index in [2.05, 4.69) is 37.2 Å². The molecule has 14 heteroatoms. The van der Waals surface area contributed by atoms with E-state index in [0.29, 0.717) is 52.0 Å². The van der Waals surface area contributed by atoms with Crippen LogP contribution in [0.25, 0.3) is 5.70 Å². The molecule has 0 saturated carbocycles. The Labute approximate surface area is 322 Å². The van der Waals surface area contributed by atoms with Gasteiger partial charge in [0, 0.05) is 75.7 Å². The second-order valence-electron chi connectivity index (χ2n) is 16.3. The van der Waals surface area contributed by atoms with E-state index in [0.717, 1.165) is 88.2 Å². The number of nitrogens with two attached hydrogens (primary N) is 2. The van der Waals surface area contributed by atoms with Gasteiger partial charge in [0.1, 0.15) is 17.6 Å². The molecule has 0 spiro atoms. The summed E-state index contributed by atoms with van der Waals surface area (Å²) in [7, 11) is 0. The average Bonchev–Trinajstić information content (AvgIpc) is 3.42. The van der Waals surface area contributed by atoms with E-state index < -0.39 is 23.8 Å². The number of aromatic hydroxyl groups is 1. The first-order chi connectivity index (χ1) is 26.5. The lowest BCUT2D eigenvalue weighted by Gasteiger charge is -2.47.